The van der Waals surface area contributed by atoms with Crippen molar-refractivity contribution < 1.29 is 0 Å². The average Bonchev–Trinajstić information content (AvgIpc) is 2.32. The molecule has 1 unspecified atom stereocenters. The van der Waals surface area contributed by atoms with Crippen LogP contribution in [0.1, 0.15) is 19.3 Å². The molecule has 1 aliphatic carbocycles. The van der Waals surface area contributed by atoms with Gasteiger partial charge in [0.15, 0.2) is 0 Å². The molecule has 0 fully saturated rings. The number of hydrogen-bond acceptors (Lipinski definition) is 2. The lowest BCUT2D eigenvalue weighted by Gasteiger charge is -2.18. The van der Waals surface area contributed by atoms with Crippen LogP contribution in [-0.4, -0.2) is 11.5 Å². The van der Waals surface area contributed by atoms with E-state index < -0.39 is 0 Å². The SMILES string of the molecule is Clc1ncc(NCC2CC=CCC2)cc1Br. The van der Waals surface area contributed by atoms with Crippen molar-refractivity contribution >= 4 is 33.2 Å². The third kappa shape index (κ3) is 3.22. The molecule has 0 amide bonds. The molecule has 1 aromatic rings. The molecule has 16 heavy (non-hydrogen) atoms. The topological polar surface area (TPSA) is 24.9 Å². The second-order valence-corrected chi connectivity index (χ2v) is 5.24. The summed E-state index contributed by atoms with van der Waals surface area (Å²) in [6.45, 7) is 1.00. The van der Waals surface area contributed by atoms with E-state index in [1.165, 1.54) is 19.3 Å². The van der Waals surface area contributed by atoms with E-state index in [2.05, 4.69) is 38.4 Å². The lowest BCUT2D eigenvalue weighted by Crippen LogP contribution is -2.15. The minimum atomic E-state index is 0.506. The highest BCUT2D eigenvalue weighted by molar-refractivity contribution is 9.10. The summed E-state index contributed by atoms with van der Waals surface area (Å²) in [6, 6.07) is 1.97. The van der Waals surface area contributed by atoms with Gasteiger partial charge >= 0.3 is 0 Å². The molecule has 1 N–H and O–H groups in total. The van der Waals surface area contributed by atoms with Crippen LogP contribution in [0, 0.1) is 5.92 Å². The van der Waals surface area contributed by atoms with Crippen LogP contribution >= 0.6 is 27.5 Å². The maximum atomic E-state index is 5.83. The van der Waals surface area contributed by atoms with Crippen molar-refractivity contribution in [1.82, 2.24) is 4.98 Å². The Morgan fingerprint density at radius 3 is 3.06 bits per heavy atom. The van der Waals surface area contributed by atoms with Crippen molar-refractivity contribution in [2.24, 2.45) is 5.92 Å². The summed E-state index contributed by atoms with van der Waals surface area (Å²) in [5.74, 6) is 0.736. The predicted molar refractivity (Wildman–Crippen MR) is 71.9 cm³/mol. The monoisotopic (exact) mass is 300 g/mol. The first kappa shape index (κ1) is 11.9. The summed E-state index contributed by atoms with van der Waals surface area (Å²) < 4.78 is 0.836. The molecule has 1 aliphatic rings. The first-order valence-electron chi connectivity index (χ1n) is 5.45. The van der Waals surface area contributed by atoms with Gasteiger partial charge in [-0.2, -0.15) is 0 Å². The summed E-state index contributed by atoms with van der Waals surface area (Å²) in [6.07, 6.45) is 9.95. The normalized spacial score (nSPS) is 19.8. The van der Waals surface area contributed by atoms with Crippen LogP contribution in [0.4, 0.5) is 5.69 Å². The maximum Gasteiger partial charge on any atom is 0.143 e. The van der Waals surface area contributed by atoms with Gasteiger partial charge in [0.2, 0.25) is 0 Å². The molecule has 2 nitrogen and oxygen atoms in total. The maximum absolute atomic E-state index is 5.83. The van der Waals surface area contributed by atoms with E-state index in [0.717, 1.165) is 22.6 Å². The Kier molecular flexibility index (Phi) is 4.24. The van der Waals surface area contributed by atoms with Crippen LogP contribution < -0.4 is 5.32 Å². The third-order valence-corrected chi connectivity index (χ3v) is 3.90. The van der Waals surface area contributed by atoms with E-state index in [1.807, 2.05) is 6.07 Å². The van der Waals surface area contributed by atoms with Gasteiger partial charge in [-0.25, -0.2) is 4.98 Å². The van der Waals surface area contributed by atoms with Crippen molar-refractivity contribution in [2.45, 2.75) is 19.3 Å². The standard InChI is InChI=1S/C12H14BrClN2/c13-11-6-10(8-16-12(11)14)15-7-9-4-2-1-3-5-9/h1-2,6,8-9,15H,3-5,7H2. The van der Waals surface area contributed by atoms with E-state index in [-0.39, 0.29) is 0 Å². The van der Waals surface area contributed by atoms with Crippen LogP contribution in [0.2, 0.25) is 5.15 Å². The summed E-state index contributed by atoms with van der Waals surface area (Å²) in [7, 11) is 0. The number of aromatic nitrogens is 1. The largest absolute Gasteiger partial charge is 0.383 e. The molecule has 86 valence electrons. The molecule has 1 heterocycles. The second kappa shape index (κ2) is 5.69. The molecule has 1 atom stereocenters. The minimum Gasteiger partial charge on any atom is -0.383 e. The van der Waals surface area contributed by atoms with Gasteiger partial charge in [-0.05, 0) is 47.2 Å². The van der Waals surface area contributed by atoms with Gasteiger partial charge in [0.25, 0.3) is 0 Å². The van der Waals surface area contributed by atoms with Gasteiger partial charge < -0.3 is 5.32 Å². The lowest BCUT2D eigenvalue weighted by molar-refractivity contribution is 0.504. The molecule has 1 aromatic heterocycles. The number of nitrogens with zero attached hydrogens (tertiary/aromatic N) is 1. The van der Waals surface area contributed by atoms with Gasteiger partial charge in [-0.1, -0.05) is 23.8 Å². The number of nitrogens with one attached hydrogen (secondary N) is 1. The van der Waals surface area contributed by atoms with E-state index in [1.54, 1.807) is 6.20 Å². The summed E-state index contributed by atoms with van der Waals surface area (Å²) in [5, 5.41) is 3.90. The molecule has 0 saturated carbocycles. The Morgan fingerprint density at radius 1 is 1.50 bits per heavy atom. The van der Waals surface area contributed by atoms with E-state index >= 15 is 0 Å². The van der Waals surface area contributed by atoms with E-state index in [4.69, 9.17) is 11.6 Å². The quantitative estimate of drug-likeness (QED) is 0.666. The predicted octanol–water partition coefficient (Wildman–Crippen LogP) is 4.27. The number of allylic oxidation sites excluding steroid dienone is 2. The zero-order chi connectivity index (χ0) is 11.4. The second-order valence-electron chi connectivity index (χ2n) is 4.03. The van der Waals surface area contributed by atoms with Gasteiger partial charge in [-0.15, -0.1) is 0 Å². The van der Waals surface area contributed by atoms with Gasteiger partial charge in [0.05, 0.1) is 16.4 Å². The molecule has 0 aromatic carbocycles. The van der Waals surface area contributed by atoms with Crippen LogP contribution in [-0.2, 0) is 0 Å². The molecule has 0 aliphatic heterocycles. The molecule has 2 rings (SSSR count). The highest BCUT2D eigenvalue weighted by Gasteiger charge is 2.09. The zero-order valence-corrected chi connectivity index (χ0v) is 11.3. The number of halogens is 2. The Labute approximate surface area is 109 Å². The fourth-order valence-corrected chi connectivity index (χ4v) is 2.27. The minimum absolute atomic E-state index is 0.506. The molecular weight excluding hydrogens is 288 g/mol. The van der Waals surface area contributed by atoms with Crippen LogP contribution in [0.3, 0.4) is 0 Å². The van der Waals surface area contributed by atoms with Crippen LogP contribution in [0.25, 0.3) is 0 Å². The number of anilines is 1. The lowest BCUT2D eigenvalue weighted by atomic mass is 9.94. The van der Waals surface area contributed by atoms with Gasteiger partial charge in [-0.3, -0.25) is 0 Å². The molecular formula is C12H14BrClN2. The Balaban J connectivity index is 1.89. The van der Waals surface area contributed by atoms with Crippen LogP contribution in [0.5, 0.6) is 0 Å². The zero-order valence-electron chi connectivity index (χ0n) is 8.92. The van der Waals surface area contributed by atoms with E-state index in [9.17, 15) is 0 Å². The highest BCUT2D eigenvalue weighted by Crippen LogP contribution is 2.24. The third-order valence-electron chi connectivity index (χ3n) is 2.77. The molecule has 0 bridgehead atoms. The number of hydrogen-bond donors (Lipinski definition) is 1. The Hall–Kier alpha value is -0.540. The van der Waals surface area contributed by atoms with Crippen molar-refractivity contribution in [3.8, 4) is 0 Å². The molecule has 0 saturated heterocycles. The van der Waals surface area contributed by atoms with Crippen molar-refractivity contribution in [2.75, 3.05) is 11.9 Å². The molecule has 0 spiro atoms. The summed E-state index contributed by atoms with van der Waals surface area (Å²) in [4.78, 5) is 4.08. The fraction of sp³-hybridized carbons (Fsp3) is 0.417. The van der Waals surface area contributed by atoms with Crippen LogP contribution in [0.15, 0.2) is 28.9 Å². The van der Waals surface area contributed by atoms with Crippen molar-refractivity contribution in [1.29, 1.82) is 0 Å². The fourth-order valence-electron chi connectivity index (χ4n) is 1.82. The van der Waals surface area contributed by atoms with E-state index in [0.29, 0.717) is 5.15 Å². The van der Waals surface area contributed by atoms with Crippen molar-refractivity contribution in [3.63, 3.8) is 0 Å². The van der Waals surface area contributed by atoms with Crippen molar-refractivity contribution in [3.05, 3.63) is 34.0 Å². The molecule has 0 radical (unpaired) electrons. The number of pyridine rings is 1. The van der Waals surface area contributed by atoms with Gasteiger partial charge in [0.1, 0.15) is 5.15 Å². The smallest absolute Gasteiger partial charge is 0.143 e. The molecule has 4 heteroatoms. The summed E-state index contributed by atoms with van der Waals surface area (Å²) in [5.41, 5.74) is 1.02. The first-order chi connectivity index (χ1) is 7.75. The van der Waals surface area contributed by atoms with Gasteiger partial charge in [0, 0.05) is 6.54 Å². The Morgan fingerprint density at radius 2 is 2.38 bits per heavy atom. The Bertz CT molecular complexity index is 393. The number of rotatable bonds is 3. The first-order valence-corrected chi connectivity index (χ1v) is 6.62. The highest BCUT2D eigenvalue weighted by atomic mass is 79.9. The summed E-state index contributed by atoms with van der Waals surface area (Å²) >= 11 is 9.20. The average molecular weight is 302 g/mol.